The van der Waals surface area contributed by atoms with E-state index in [0.717, 1.165) is 29.8 Å². The lowest BCUT2D eigenvalue weighted by molar-refractivity contribution is -0.121. The molecule has 0 bridgehead atoms. The number of carbonyl (C=O) groups is 2. The lowest BCUT2D eigenvalue weighted by Gasteiger charge is -2.20. The molecule has 1 aliphatic carbocycles. The number of benzene rings is 2. The maximum Gasteiger partial charge on any atom is 0.241 e. The summed E-state index contributed by atoms with van der Waals surface area (Å²) < 4.78 is 24.1. The van der Waals surface area contributed by atoms with Crippen molar-refractivity contribution in [3.05, 3.63) is 59.7 Å². The van der Waals surface area contributed by atoms with Crippen molar-refractivity contribution >= 4 is 32.9 Å². The summed E-state index contributed by atoms with van der Waals surface area (Å²) in [5.74, 6) is -0.211. The molecule has 2 aliphatic rings. The van der Waals surface area contributed by atoms with Gasteiger partial charge in [-0.3, -0.25) is 14.5 Å². The Morgan fingerprint density at radius 1 is 1.10 bits per heavy atom. The number of anilines is 2. The van der Waals surface area contributed by atoms with Gasteiger partial charge < -0.3 is 0 Å². The van der Waals surface area contributed by atoms with Gasteiger partial charge in [0, 0.05) is 23.9 Å². The van der Waals surface area contributed by atoms with Crippen LogP contribution in [0, 0.1) is 5.92 Å². The van der Waals surface area contributed by atoms with Crippen LogP contribution < -0.4 is 4.90 Å². The van der Waals surface area contributed by atoms with E-state index in [1.807, 2.05) is 56.3 Å². The summed E-state index contributed by atoms with van der Waals surface area (Å²) >= 11 is 0. The summed E-state index contributed by atoms with van der Waals surface area (Å²) in [6, 6.07) is 14.9. The molecule has 158 valence electrons. The molecule has 2 atom stereocenters. The maximum atomic E-state index is 13.2. The van der Waals surface area contributed by atoms with Crippen molar-refractivity contribution in [3.63, 3.8) is 0 Å². The first kappa shape index (κ1) is 20.8. The normalized spacial score (nSPS) is 22.9. The van der Waals surface area contributed by atoms with Crippen LogP contribution in [0.5, 0.6) is 0 Å². The Hall–Kier alpha value is -2.47. The van der Waals surface area contributed by atoms with E-state index in [1.165, 1.54) is 6.26 Å². The fraction of sp³-hybridized carbons (Fsp3) is 0.417. The quantitative estimate of drug-likeness (QED) is 0.665. The molecule has 1 aliphatic heterocycles. The van der Waals surface area contributed by atoms with Gasteiger partial charge in [-0.05, 0) is 68.5 Å². The van der Waals surface area contributed by atoms with E-state index < -0.39 is 20.5 Å². The molecule has 1 amide bonds. The predicted octanol–water partition coefficient (Wildman–Crippen LogP) is 4.43. The second-order valence-electron chi connectivity index (χ2n) is 9.02. The zero-order chi connectivity index (χ0) is 21.7. The van der Waals surface area contributed by atoms with Crippen LogP contribution in [0.2, 0.25) is 0 Å². The molecule has 0 spiro atoms. The SMILES string of the molecule is CC1(C)C(=O)N(c2ccccc2)c2ccc(C(=O)CC3CCCC3S(C)(=O)=O)cc21. The largest absolute Gasteiger partial charge is 0.294 e. The van der Waals surface area contributed by atoms with E-state index >= 15 is 0 Å². The molecule has 1 heterocycles. The van der Waals surface area contributed by atoms with Crippen molar-refractivity contribution in [2.45, 2.75) is 50.2 Å². The number of fused-ring (bicyclic) bond motifs is 1. The number of hydrogen-bond acceptors (Lipinski definition) is 4. The number of sulfone groups is 1. The molecular formula is C24H27NO4S. The third-order valence-corrected chi connectivity index (χ3v) is 8.29. The molecule has 0 saturated heterocycles. The van der Waals surface area contributed by atoms with Crippen LogP contribution in [0.3, 0.4) is 0 Å². The average Bonchev–Trinajstić information content (AvgIpc) is 3.24. The molecule has 4 rings (SSSR count). The number of hydrogen-bond donors (Lipinski definition) is 0. The number of amides is 1. The summed E-state index contributed by atoms with van der Waals surface area (Å²) in [6.45, 7) is 3.75. The highest BCUT2D eigenvalue weighted by Gasteiger charge is 2.45. The zero-order valence-corrected chi connectivity index (χ0v) is 18.4. The zero-order valence-electron chi connectivity index (χ0n) is 17.6. The summed E-state index contributed by atoms with van der Waals surface area (Å²) in [4.78, 5) is 27.9. The molecule has 1 saturated carbocycles. The fourth-order valence-electron chi connectivity index (χ4n) is 4.90. The van der Waals surface area contributed by atoms with Crippen LogP contribution in [0.25, 0.3) is 0 Å². The summed E-state index contributed by atoms with van der Waals surface area (Å²) in [5.41, 5.74) is 2.22. The van der Waals surface area contributed by atoms with Crippen molar-refractivity contribution in [2.75, 3.05) is 11.2 Å². The number of nitrogens with zero attached hydrogens (tertiary/aromatic N) is 1. The first-order valence-electron chi connectivity index (χ1n) is 10.4. The predicted molar refractivity (Wildman–Crippen MR) is 118 cm³/mol. The Morgan fingerprint density at radius 3 is 2.47 bits per heavy atom. The Bertz CT molecular complexity index is 1110. The number of para-hydroxylation sites is 1. The second-order valence-corrected chi connectivity index (χ2v) is 11.3. The molecule has 1 fully saturated rings. The standard InChI is InChI=1S/C24H27NO4S/c1-24(2)19-14-16(21(26)15-17-8-7-11-22(17)30(3,28)29)12-13-20(19)25(23(24)27)18-9-5-4-6-10-18/h4-6,9-10,12-14,17,22H,7-8,11,15H2,1-3H3. The number of carbonyl (C=O) groups excluding carboxylic acids is 2. The maximum absolute atomic E-state index is 13.2. The monoisotopic (exact) mass is 425 g/mol. The number of rotatable bonds is 5. The summed E-state index contributed by atoms with van der Waals surface area (Å²) in [6.07, 6.45) is 3.73. The average molecular weight is 426 g/mol. The van der Waals surface area contributed by atoms with Gasteiger partial charge in [-0.2, -0.15) is 0 Å². The van der Waals surface area contributed by atoms with Gasteiger partial charge in [-0.15, -0.1) is 0 Å². The minimum absolute atomic E-state index is 0.0266. The van der Waals surface area contributed by atoms with Gasteiger partial charge in [0.2, 0.25) is 5.91 Å². The highest BCUT2D eigenvalue weighted by Crippen LogP contribution is 2.46. The van der Waals surface area contributed by atoms with E-state index in [1.54, 1.807) is 11.0 Å². The number of Topliss-reactive ketones (excluding diaryl/α,β-unsaturated/α-hetero) is 1. The molecule has 2 unspecified atom stereocenters. The first-order valence-corrected chi connectivity index (χ1v) is 12.3. The second kappa shape index (κ2) is 7.34. The minimum Gasteiger partial charge on any atom is -0.294 e. The van der Waals surface area contributed by atoms with Gasteiger partial charge in [0.25, 0.3) is 0 Å². The van der Waals surface area contributed by atoms with Crippen molar-refractivity contribution < 1.29 is 18.0 Å². The molecule has 2 aromatic rings. The van der Waals surface area contributed by atoms with E-state index in [2.05, 4.69) is 0 Å². The van der Waals surface area contributed by atoms with Gasteiger partial charge in [-0.25, -0.2) is 8.42 Å². The molecule has 0 radical (unpaired) electrons. The molecule has 0 N–H and O–H groups in total. The minimum atomic E-state index is -3.16. The highest BCUT2D eigenvalue weighted by atomic mass is 32.2. The Kier molecular flexibility index (Phi) is 5.09. The van der Waals surface area contributed by atoms with Crippen molar-refractivity contribution in [3.8, 4) is 0 Å². The van der Waals surface area contributed by atoms with Gasteiger partial charge in [0.1, 0.15) is 0 Å². The molecule has 5 nitrogen and oxygen atoms in total. The third kappa shape index (κ3) is 3.47. The van der Waals surface area contributed by atoms with Crippen LogP contribution in [0.15, 0.2) is 48.5 Å². The van der Waals surface area contributed by atoms with Crippen LogP contribution in [0.4, 0.5) is 11.4 Å². The smallest absolute Gasteiger partial charge is 0.241 e. The Morgan fingerprint density at radius 2 is 1.80 bits per heavy atom. The lowest BCUT2D eigenvalue weighted by atomic mass is 9.84. The summed E-state index contributed by atoms with van der Waals surface area (Å²) in [5, 5.41) is -0.428. The molecule has 30 heavy (non-hydrogen) atoms. The highest BCUT2D eigenvalue weighted by molar-refractivity contribution is 7.91. The van der Waals surface area contributed by atoms with Crippen LogP contribution >= 0.6 is 0 Å². The lowest BCUT2D eigenvalue weighted by Crippen LogP contribution is -2.33. The molecule has 6 heteroatoms. The van der Waals surface area contributed by atoms with E-state index in [0.29, 0.717) is 12.0 Å². The van der Waals surface area contributed by atoms with Crippen LogP contribution in [0.1, 0.15) is 55.5 Å². The Balaban J connectivity index is 1.65. The van der Waals surface area contributed by atoms with Gasteiger partial charge in [0.15, 0.2) is 15.6 Å². The number of ketones is 1. The van der Waals surface area contributed by atoms with Gasteiger partial charge >= 0.3 is 0 Å². The van der Waals surface area contributed by atoms with Crippen LogP contribution in [-0.4, -0.2) is 31.6 Å². The van der Waals surface area contributed by atoms with Crippen molar-refractivity contribution in [1.82, 2.24) is 0 Å². The van der Waals surface area contributed by atoms with Gasteiger partial charge in [0.05, 0.1) is 16.4 Å². The van der Waals surface area contributed by atoms with Gasteiger partial charge in [-0.1, -0.05) is 24.6 Å². The van der Waals surface area contributed by atoms with Crippen molar-refractivity contribution in [1.29, 1.82) is 0 Å². The molecule has 2 aromatic carbocycles. The molecule has 0 aromatic heterocycles. The van der Waals surface area contributed by atoms with E-state index in [-0.39, 0.29) is 24.0 Å². The van der Waals surface area contributed by atoms with E-state index in [4.69, 9.17) is 0 Å². The summed E-state index contributed by atoms with van der Waals surface area (Å²) in [7, 11) is -3.16. The first-order chi connectivity index (χ1) is 14.1. The van der Waals surface area contributed by atoms with Crippen LogP contribution in [-0.2, 0) is 20.0 Å². The fourth-order valence-corrected chi connectivity index (χ4v) is 6.42. The third-order valence-electron chi connectivity index (χ3n) is 6.57. The van der Waals surface area contributed by atoms with E-state index in [9.17, 15) is 18.0 Å². The topological polar surface area (TPSA) is 71.5 Å². The van der Waals surface area contributed by atoms with Crippen molar-refractivity contribution in [2.24, 2.45) is 5.92 Å². The molecular weight excluding hydrogens is 398 g/mol. The Labute approximate surface area is 178 Å².